The number of likely N-dealkylation sites (tertiary alicyclic amines) is 2. The van der Waals surface area contributed by atoms with Gasteiger partial charge in [-0.15, -0.1) is 0 Å². The number of hydrogen-bond acceptors (Lipinski definition) is 6. The molecule has 47 heavy (non-hydrogen) atoms. The van der Waals surface area contributed by atoms with Crippen LogP contribution in [-0.4, -0.2) is 96.8 Å². The molecular formula is C37H52FN3O6. The van der Waals surface area contributed by atoms with E-state index in [1.165, 1.54) is 12.1 Å². The lowest BCUT2D eigenvalue weighted by Crippen LogP contribution is -2.54. The molecule has 4 rings (SSSR count). The molecule has 9 nitrogen and oxygen atoms in total. The Balaban J connectivity index is 1.64. The summed E-state index contributed by atoms with van der Waals surface area (Å²) in [6.07, 6.45) is 5.85. The van der Waals surface area contributed by atoms with Gasteiger partial charge in [0.15, 0.2) is 0 Å². The Hall–Kier alpha value is -3.66. The summed E-state index contributed by atoms with van der Waals surface area (Å²) >= 11 is 0. The largest absolute Gasteiger partial charge is 0.493 e. The number of hydrogen-bond donors (Lipinski definition) is 0. The van der Waals surface area contributed by atoms with Crippen LogP contribution in [0.15, 0.2) is 36.4 Å². The molecule has 258 valence electrons. The normalized spacial score (nSPS) is 17.3. The van der Waals surface area contributed by atoms with Crippen molar-refractivity contribution in [3.05, 3.63) is 53.3 Å². The van der Waals surface area contributed by atoms with Gasteiger partial charge in [-0.05, 0) is 96.7 Å². The van der Waals surface area contributed by atoms with Crippen molar-refractivity contribution in [1.29, 1.82) is 0 Å². The molecule has 1 atom stereocenters. The Bertz CT molecular complexity index is 1380. The first-order chi connectivity index (χ1) is 22.4. The van der Waals surface area contributed by atoms with Gasteiger partial charge in [-0.25, -0.2) is 9.18 Å². The van der Waals surface area contributed by atoms with Crippen molar-refractivity contribution in [3.8, 4) is 16.9 Å². The molecule has 0 aromatic heterocycles. The van der Waals surface area contributed by atoms with E-state index >= 15 is 4.39 Å². The molecule has 2 fully saturated rings. The zero-order valence-electron chi connectivity index (χ0n) is 29.0. The Labute approximate surface area is 279 Å². The molecule has 2 aromatic rings. The van der Waals surface area contributed by atoms with Gasteiger partial charge in [0.2, 0.25) is 0 Å². The van der Waals surface area contributed by atoms with Gasteiger partial charge in [0.1, 0.15) is 17.2 Å². The Morgan fingerprint density at radius 1 is 0.894 bits per heavy atom. The molecule has 0 unspecified atom stereocenters. The van der Waals surface area contributed by atoms with Crippen LogP contribution in [0.2, 0.25) is 0 Å². The third-order valence-electron chi connectivity index (χ3n) is 8.61. The highest BCUT2D eigenvalue weighted by Gasteiger charge is 2.34. The highest BCUT2D eigenvalue weighted by Crippen LogP contribution is 2.35. The Kier molecular flexibility index (Phi) is 12.7. The van der Waals surface area contributed by atoms with E-state index in [0.29, 0.717) is 68.3 Å². The van der Waals surface area contributed by atoms with Crippen molar-refractivity contribution in [3.63, 3.8) is 0 Å². The van der Waals surface area contributed by atoms with Crippen LogP contribution in [-0.2, 0) is 9.47 Å². The highest BCUT2D eigenvalue weighted by molar-refractivity contribution is 5.97. The van der Waals surface area contributed by atoms with E-state index in [2.05, 4.69) is 0 Å². The zero-order chi connectivity index (χ0) is 34.1. The maximum atomic E-state index is 15.5. The maximum absolute atomic E-state index is 15.5. The molecular weight excluding hydrogens is 601 g/mol. The van der Waals surface area contributed by atoms with Crippen LogP contribution in [0.4, 0.5) is 9.18 Å². The van der Waals surface area contributed by atoms with E-state index in [-0.39, 0.29) is 35.6 Å². The van der Waals surface area contributed by atoms with E-state index < -0.39 is 11.4 Å². The number of piperidine rings is 1. The van der Waals surface area contributed by atoms with Gasteiger partial charge in [-0.1, -0.05) is 12.8 Å². The minimum absolute atomic E-state index is 0.108. The number of rotatable bonds is 10. The fraction of sp³-hybridized carbons (Fsp3) is 0.595. The van der Waals surface area contributed by atoms with Gasteiger partial charge in [0.05, 0.1) is 12.6 Å². The van der Waals surface area contributed by atoms with Crippen molar-refractivity contribution >= 4 is 17.9 Å². The molecule has 0 spiro atoms. The van der Waals surface area contributed by atoms with Gasteiger partial charge in [-0.2, -0.15) is 0 Å². The molecule has 2 saturated heterocycles. The first-order valence-corrected chi connectivity index (χ1v) is 17.0. The van der Waals surface area contributed by atoms with Crippen LogP contribution < -0.4 is 4.74 Å². The average molecular weight is 654 g/mol. The van der Waals surface area contributed by atoms with Crippen LogP contribution in [0, 0.1) is 5.82 Å². The lowest BCUT2D eigenvalue weighted by atomic mass is 9.97. The monoisotopic (exact) mass is 653 g/mol. The predicted octanol–water partition coefficient (Wildman–Crippen LogP) is 7.17. The van der Waals surface area contributed by atoms with Crippen molar-refractivity contribution < 1.29 is 33.0 Å². The fourth-order valence-electron chi connectivity index (χ4n) is 6.35. The second kappa shape index (κ2) is 16.4. The van der Waals surface area contributed by atoms with E-state index in [0.717, 1.165) is 38.5 Å². The number of ether oxygens (including phenoxy) is 3. The van der Waals surface area contributed by atoms with E-state index in [1.54, 1.807) is 36.3 Å². The maximum Gasteiger partial charge on any atom is 0.410 e. The van der Waals surface area contributed by atoms with Crippen LogP contribution in [0.25, 0.3) is 11.1 Å². The molecule has 10 heteroatoms. The molecule has 2 aliphatic heterocycles. The van der Waals surface area contributed by atoms with Crippen molar-refractivity contribution in [1.82, 2.24) is 14.7 Å². The van der Waals surface area contributed by atoms with Crippen LogP contribution >= 0.6 is 0 Å². The molecule has 0 saturated carbocycles. The van der Waals surface area contributed by atoms with Crippen molar-refractivity contribution in [2.45, 2.75) is 97.2 Å². The average Bonchev–Trinajstić information content (AvgIpc) is 3.32. The van der Waals surface area contributed by atoms with E-state index in [9.17, 15) is 14.4 Å². The summed E-state index contributed by atoms with van der Waals surface area (Å²) in [5, 5.41) is 0. The smallest absolute Gasteiger partial charge is 0.410 e. The molecule has 3 amide bonds. The molecule has 2 heterocycles. The van der Waals surface area contributed by atoms with E-state index in [4.69, 9.17) is 14.2 Å². The predicted molar refractivity (Wildman–Crippen MR) is 180 cm³/mol. The minimum Gasteiger partial charge on any atom is -0.493 e. The Morgan fingerprint density at radius 2 is 1.57 bits per heavy atom. The first-order valence-electron chi connectivity index (χ1n) is 17.0. The molecule has 2 aliphatic rings. The number of amides is 3. The minimum atomic E-state index is -0.613. The molecule has 0 aliphatic carbocycles. The van der Waals surface area contributed by atoms with Gasteiger partial charge < -0.3 is 28.9 Å². The zero-order valence-corrected chi connectivity index (χ0v) is 29.0. The molecule has 0 bridgehead atoms. The van der Waals surface area contributed by atoms with Crippen LogP contribution in [0.1, 0.15) is 100 Å². The van der Waals surface area contributed by atoms with Crippen molar-refractivity contribution in [2.75, 3.05) is 46.5 Å². The van der Waals surface area contributed by atoms with Gasteiger partial charge in [0.25, 0.3) is 11.8 Å². The first kappa shape index (κ1) is 36.2. The lowest BCUT2D eigenvalue weighted by Gasteiger charge is -2.41. The van der Waals surface area contributed by atoms with Crippen molar-refractivity contribution in [2.24, 2.45) is 0 Å². The third kappa shape index (κ3) is 9.69. The second-order valence-corrected chi connectivity index (χ2v) is 13.8. The summed E-state index contributed by atoms with van der Waals surface area (Å²) in [4.78, 5) is 45.8. The van der Waals surface area contributed by atoms with Gasteiger partial charge >= 0.3 is 6.09 Å². The van der Waals surface area contributed by atoms with E-state index in [1.807, 2.05) is 44.4 Å². The summed E-state index contributed by atoms with van der Waals surface area (Å²) in [6, 6.07) is 9.16. The number of carbonyl (C=O) groups excluding carboxylic acids is 3. The fourth-order valence-corrected chi connectivity index (χ4v) is 6.35. The lowest BCUT2D eigenvalue weighted by molar-refractivity contribution is 0.00751. The molecule has 0 N–H and O–H groups in total. The van der Waals surface area contributed by atoms with Crippen LogP contribution in [0.5, 0.6) is 5.75 Å². The number of methoxy groups -OCH3 is 1. The third-order valence-corrected chi connectivity index (χ3v) is 8.61. The number of halogens is 1. The van der Waals surface area contributed by atoms with Gasteiger partial charge in [-0.3, -0.25) is 9.59 Å². The highest BCUT2D eigenvalue weighted by atomic mass is 19.1. The summed E-state index contributed by atoms with van der Waals surface area (Å²) < 4.78 is 32.4. The standard InChI is InChI=1S/C37H52FN3O6/c1-26(2)41(29-13-11-20-40(25-29)36(44)47-37(3,4)5)35(43)28-14-16-30(33(24-28)46-22-12-21-45-6)31-23-27(15-17-32(31)38)34(42)39-18-9-7-8-10-19-39/h14-17,23-24,26,29H,7-13,18-22,25H2,1-6H3/t29-/m1/s1. The SMILES string of the molecule is COCCCOc1cc(C(=O)N(C(C)C)[C@@H]2CCCN(C(=O)OC(C)(C)C)C2)ccc1-c1cc(C(=O)N2CCCCCC2)ccc1F. The summed E-state index contributed by atoms with van der Waals surface area (Å²) in [6.45, 7) is 12.6. The van der Waals surface area contributed by atoms with Gasteiger partial charge in [0, 0.05) is 74.6 Å². The Morgan fingerprint density at radius 3 is 2.23 bits per heavy atom. The van der Waals surface area contributed by atoms with Crippen LogP contribution in [0.3, 0.4) is 0 Å². The second-order valence-electron chi connectivity index (χ2n) is 13.8. The molecule has 0 radical (unpaired) electrons. The number of nitrogens with zero attached hydrogens (tertiary/aromatic N) is 3. The summed E-state index contributed by atoms with van der Waals surface area (Å²) in [5.74, 6) is -0.433. The summed E-state index contributed by atoms with van der Waals surface area (Å²) in [7, 11) is 1.61. The number of carbonyl (C=O) groups is 3. The molecule has 2 aromatic carbocycles. The summed E-state index contributed by atoms with van der Waals surface area (Å²) in [5.41, 5.74) is 0.916. The topological polar surface area (TPSA) is 88.6 Å². The number of benzene rings is 2. The quantitative estimate of drug-likeness (QED) is 0.253.